The molecule has 1 amide bonds. The molecule has 11 heteroatoms. The largest absolute Gasteiger partial charge is 0.475 e. The van der Waals surface area contributed by atoms with Crippen LogP contribution in [0.5, 0.6) is 5.88 Å². The van der Waals surface area contributed by atoms with Crippen molar-refractivity contribution in [2.45, 2.75) is 12.8 Å². The summed E-state index contributed by atoms with van der Waals surface area (Å²) >= 11 is 0. The van der Waals surface area contributed by atoms with Crippen LogP contribution in [0.4, 0.5) is 5.69 Å². The Morgan fingerprint density at radius 2 is 2.07 bits per heavy atom. The maximum Gasteiger partial charge on any atom is 0.277 e. The van der Waals surface area contributed by atoms with Gasteiger partial charge in [0.1, 0.15) is 6.61 Å². The molecule has 4 bridgehead atoms. The Morgan fingerprint density at radius 1 is 1.17 bits per heavy atom. The number of pyridine rings is 1. The van der Waals surface area contributed by atoms with Gasteiger partial charge in [-0.25, -0.2) is 9.67 Å². The van der Waals surface area contributed by atoms with E-state index in [0.717, 1.165) is 0 Å². The summed E-state index contributed by atoms with van der Waals surface area (Å²) in [5.41, 5.74) is 1.28. The van der Waals surface area contributed by atoms with Gasteiger partial charge in [-0.3, -0.25) is 14.3 Å². The van der Waals surface area contributed by atoms with Crippen LogP contribution in [0.3, 0.4) is 0 Å². The van der Waals surface area contributed by atoms with Crippen molar-refractivity contribution in [1.29, 1.82) is 0 Å². The summed E-state index contributed by atoms with van der Waals surface area (Å²) < 4.78 is 14.0. The van der Waals surface area contributed by atoms with Crippen LogP contribution in [0.1, 0.15) is 33.8 Å². The maximum atomic E-state index is 12.6. The molecule has 3 aromatic heterocycles. The number of carbonyl (C=O) groups is 2. The van der Waals surface area contributed by atoms with Crippen molar-refractivity contribution in [2.75, 3.05) is 25.1 Å². The van der Waals surface area contributed by atoms with E-state index in [4.69, 9.17) is 9.47 Å². The fraction of sp³-hybridized carbons (Fsp3) is 0.333. The van der Waals surface area contributed by atoms with Crippen LogP contribution in [0, 0.1) is 0 Å². The molecule has 0 saturated carbocycles. The zero-order chi connectivity index (χ0) is 20.2. The molecule has 3 aromatic rings. The summed E-state index contributed by atoms with van der Waals surface area (Å²) in [6.07, 6.45) is 5.43. The maximum absolute atomic E-state index is 12.6. The average molecular weight is 397 g/mol. The SMILES string of the molecule is Cn1cc2c(n1)C(=O)CCCOCCOc1cc(ccn1)-n1cc(nn1)C(=O)N2. The topological polar surface area (TPSA) is 126 Å². The normalized spacial score (nSPS) is 15.6. The van der Waals surface area contributed by atoms with E-state index in [-0.39, 0.29) is 23.6 Å². The van der Waals surface area contributed by atoms with Gasteiger partial charge in [-0.1, -0.05) is 5.21 Å². The molecule has 0 saturated heterocycles. The van der Waals surface area contributed by atoms with Crippen molar-refractivity contribution < 1.29 is 19.1 Å². The van der Waals surface area contributed by atoms with E-state index in [1.54, 1.807) is 31.6 Å². The Labute approximate surface area is 165 Å². The van der Waals surface area contributed by atoms with E-state index in [2.05, 4.69) is 25.7 Å². The van der Waals surface area contributed by atoms with Gasteiger partial charge < -0.3 is 14.8 Å². The lowest BCUT2D eigenvalue weighted by molar-refractivity contribution is 0.0861. The highest BCUT2D eigenvalue weighted by Gasteiger charge is 2.20. The monoisotopic (exact) mass is 397 g/mol. The summed E-state index contributed by atoms with van der Waals surface area (Å²) in [6.45, 7) is 1.10. The Kier molecular flexibility index (Phi) is 5.29. The van der Waals surface area contributed by atoms with Crippen molar-refractivity contribution in [2.24, 2.45) is 7.05 Å². The predicted octanol–water partition coefficient (Wildman–Crippen LogP) is 1.02. The number of aromatic nitrogens is 6. The van der Waals surface area contributed by atoms with Gasteiger partial charge in [0.05, 0.1) is 24.2 Å². The molecule has 11 nitrogen and oxygen atoms in total. The summed E-state index contributed by atoms with van der Waals surface area (Å²) in [7, 11) is 1.68. The van der Waals surface area contributed by atoms with E-state index in [1.807, 2.05) is 0 Å². The molecule has 0 fully saturated rings. The molecule has 0 unspecified atom stereocenters. The first-order chi connectivity index (χ1) is 14.1. The minimum Gasteiger partial charge on any atom is -0.475 e. The van der Waals surface area contributed by atoms with E-state index in [9.17, 15) is 9.59 Å². The third-order valence-electron chi connectivity index (χ3n) is 4.22. The fourth-order valence-electron chi connectivity index (χ4n) is 2.85. The Morgan fingerprint density at radius 3 is 2.97 bits per heavy atom. The van der Waals surface area contributed by atoms with Gasteiger partial charge in [-0.05, 0) is 12.5 Å². The summed E-state index contributed by atoms with van der Waals surface area (Å²) in [6, 6.07) is 3.41. The number of ketones is 1. The van der Waals surface area contributed by atoms with Crippen LogP contribution in [0.15, 0.2) is 30.7 Å². The van der Waals surface area contributed by atoms with Crippen molar-refractivity contribution in [3.05, 3.63) is 42.1 Å². The number of fused-ring (bicyclic) bond motifs is 6. The van der Waals surface area contributed by atoms with Crippen LogP contribution in [-0.2, 0) is 11.8 Å². The Balaban J connectivity index is 1.64. The highest BCUT2D eigenvalue weighted by molar-refractivity contribution is 6.07. The van der Waals surface area contributed by atoms with Gasteiger partial charge in [0.25, 0.3) is 5.91 Å². The highest BCUT2D eigenvalue weighted by Crippen LogP contribution is 2.18. The minimum absolute atomic E-state index is 0.0982. The summed E-state index contributed by atoms with van der Waals surface area (Å²) in [5, 5.41) is 14.8. The first-order valence-electron chi connectivity index (χ1n) is 9.07. The molecule has 0 radical (unpaired) electrons. The number of rotatable bonds is 0. The first-order valence-corrected chi connectivity index (χ1v) is 9.07. The second-order valence-electron chi connectivity index (χ2n) is 6.41. The number of aryl methyl sites for hydroxylation is 1. The number of anilines is 1. The van der Waals surface area contributed by atoms with E-state index >= 15 is 0 Å². The molecular weight excluding hydrogens is 378 g/mol. The third kappa shape index (κ3) is 4.29. The van der Waals surface area contributed by atoms with Gasteiger partial charge >= 0.3 is 0 Å². The molecule has 4 rings (SSSR count). The number of Topliss-reactive ketones (excluding diaryl/α,β-unsaturated/α-hetero) is 1. The molecule has 0 aromatic carbocycles. The number of hydrogen-bond donors (Lipinski definition) is 1. The minimum atomic E-state index is -0.492. The smallest absolute Gasteiger partial charge is 0.277 e. The number of nitrogens with one attached hydrogen (secondary N) is 1. The first kappa shape index (κ1) is 18.7. The average Bonchev–Trinajstić information content (AvgIpc) is 3.34. The van der Waals surface area contributed by atoms with Gasteiger partial charge in [0.15, 0.2) is 17.2 Å². The van der Waals surface area contributed by atoms with Crippen molar-refractivity contribution in [3.8, 4) is 11.6 Å². The highest BCUT2D eigenvalue weighted by atomic mass is 16.5. The zero-order valence-electron chi connectivity index (χ0n) is 15.7. The van der Waals surface area contributed by atoms with Crippen LogP contribution >= 0.6 is 0 Å². The molecule has 1 N–H and O–H groups in total. The van der Waals surface area contributed by atoms with Crippen molar-refractivity contribution in [1.82, 2.24) is 29.8 Å². The van der Waals surface area contributed by atoms with Gasteiger partial charge in [-0.15, -0.1) is 5.10 Å². The molecule has 1 aliphatic rings. The van der Waals surface area contributed by atoms with Gasteiger partial charge in [0, 0.05) is 38.5 Å². The van der Waals surface area contributed by atoms with E-state index in [0.29, 0.717) is 43.5 Å². The number of ether oxygens (including phenoxy) is 2. The zero-order valence-corrected chi connectivity index (χ0v) is 15.7. The van der Waals surface area contributed by atoms with Crippen LogP contribution in [0.25, 0.3) is 5.69 Å². The fourth-order valence-corrected chi connectivity index (χ4v) is 2.85. The lowest BCUT2D eigenvalue weighted by Gasteiger charge is -2.08. The van der Waals surface area contributed by atoms with Crippen LogP contribution in [-0.4, -0.2) is 61.3 Å². The molecule has 4 heterocycles. The lowest BCUT2D eigenvalue weighted by Crippen LogP contribution is -2.15. The molecule has 0 spiro atoms. The number of amides is 1. The van der Waals surface area contributed by atoms with Crippen molar-refractivity contribution >= 4 is 17.4 Å². The van der Waals surface area contributed by atoms with E-state index < -0.39 is 5.91 Å². The van der Waals surface area contributed by atoms with Crippen LogP contribution in [0.2, 0.25) is 0 Å². The molecule has 1 aliphatic heterocycles. The van der Waals surface area contributed by atoms with Crippen LogP contribution < -0.4 is 10.1 Å². The molecule has 0 atom stereocenters. The summed E-state index contributed by atoms with van der Waals surface area (Å²) in [5.74, 6) is -0.262. The Bertz CT molecular complexity index is 1040. The molecule has 29 heavy (non-hydrogen) atoms. The van der Waals surface area contributed by atoms with E-state index in [1.165, 1.54) is 15.6 Å². The van der Waals surface area contributed by atoms with Gasteiger partial charge in [-0.2, -0.15) is 5.10 Å². The summed E-state index contributed by atoms with van der Waals surface area (Å²) in [4.78, 5) is 29.3. The second-order valence-corrected chi connectivity index (χ2v) is 6.41. The number of nitrogens with zero attached hydrogens (tertiary/aromatic N) is 6. The third-order valence-corrected chi connectivity index (χ3v) is 4.22. The Hall–Kier alpha value is -3.60. The second kappa shape index (κ2) is 8.19. The molecule has 150 valence electrons. The quantitative estimate of drug-likeness (QED) is 0.596. The molecule has 0 aliphatic carbocycles. The number of carbonyl (C=O) groups excluding carboxylic acids is 2. The predicted molar refractivity (Wildman–Crippen MR) is 100 cm³/mol. The van der Waals surface area contributed by atoms with Gasteiger partial charge in [0.2, 0.25) is 5.88 Å². The lowest BCUT2D eigenvalue weighted by atomic mass is 10.1. The van der Waals surface area contributed by atoms with Crippen molar-refractivity contribution in [3.63, 3.8) is 0 Å². The molecular formula is C18H19N7O4. The number of hydrogen-bond acceptors (Lipinski definition) is 8. The standard InChI is InChI=1S/C18H19N7O4/c1-24-10-13-17(22-24)15(26)3-2-6-28-7-8-29-16-9-12(4-5-19-16)25-11-14(21-23-25)18(27)20-13/h4-5,9-11H,2-3,6-8H2,1H3,(H,20,27).